The van der Waals surface area contributed by atoms with Crippen LogP contribution in [0, 0.1) is 6.92 Å². The highest BCUT2D eigenvalue weighted by Crippen LogP contribution is 2.37. The van der Waals surface area contributed by atoms with Crippen LogP contribution in [-0.4, -0.2) is 49.1 Å². The molecule has 2 aliphatic heterocycles. The van der Waals surface area contributed by atoms with Crippen molar-refractivity contribution in [3.05, 3.63) is 52.5 Å². The summed E-state index contributed by atoms with van der Waals surface area (Å²) in [6.07, 6.45) is 0.681. The number of carbonyl (C=O) groups excluding carboxylic acids is 1. The summed E-state index contributed by atoms with van der Waals surface area (Å²) >= 11 is 1.66. The van der Waals surface area contributed by atoms with E-state index < -0.39 is 0 Å². The van der Waals surface area contributed by atoms with Gasteiger partial charge >= 0.3 is 5.97 Å². The number of anilines is 1. The predicted molar refractivity (Wildman–Crippen MR) is 113 cm³/mol. The van der Waals surface area contributed by atoms with E-state index in [1.54, 1.807) is 11.3 Å². The molecule has 0 amide bonds. The van der Waals surface area contributed by atoms with Gasteiger partial charge in [0.25, 0.3) is 0 Å². The van der Waals surface area contributed by atoms with Crippen LogP contribution in [0.4, 0.5) is 5.69 Å². The van der Waals surface area contributed by atoms with Crippen molar-refractivity contribution in [3.63, 3.8) is 0 Å². The summed E-state index contributed by atoms with van der Waals surface area (Å²) in [5.74, 6) is 0.296. The number of carbonyl (C=O) groups is 1. The number of aromatic nitrogens is 1. The van der Waals surface area contributed by atoms with E-state index in [-0.39, 0.29) is 11.9 Å². The molecule has 1 unspecified atom stereocenters. The molecule has 2 aliphatic rings. The Morgan fingerprint density at radius 2 is 1.93 bits per heavy atom. The number of nitrogens with zero attached hydrogens (tertiary/aromatic N) is 3. The molecule has 2 aromatic carbocycles. The zero-order valence-corrected chi connectivity index (χ0v) is 17.0. The van der Waals surface area contributed by atoms with Crippen LogP contribution in [-0.2, 0) is 11.2 Å². The van der Waals surface area contributed by atoms with Crippen LogP contribution in [0.15, 0.2) is 36.4 Å². The number of rotatable bonds is 2. The monoisotopic (exact) mass is 393 g/mol. The topological polar surface area (TPSA) is 45.7 Å². The molecular formula is C22H23N3O2S. The Labute approximate surface area is 168 Å². The number of hydrogen-bond donors (Lipinski definition) is 0. The molecule has 0 spiro atoms. The lowest BCUT2D eigenvalue weighted by Gasteiger charge is -2.34. The maximum atomic E-state index is 12.8. The molecule has 0 radical (unpaired) electrons. The first-order valence-electron chi connectivity index (χ1n) is 9.72. The second-order valence-electron chi connectivity index (χ2n) is 7.72. The fourth-order valence-electron chi connectivity index (χ4n) is 4.08. The summed E-state index contributed by atoms with van der Waals surface area (Å²) in [7, 11) is 2.15. The molecule has 0 saturated carbocycles. The van der Waals surface area contributed by atoms with Crippen molar-refractivity contribution in [1.82, 2.24) is 9.88 Å². The number of ether oxygens (including phenoxy) is 1. The van der Waals surface area contributed by atoms with Crippen molar-refractivity contribution in [3.8, 4) is 5.75 Å². The minimum atomic E-state index is -0.256. The first-order valence-corrected chi connectivity index (χ1v) is 10.5. The molecule has 1 aromatic heterocycles. The molecule has 1 fully saturated rings. The van der Waals surface area contributed by atoms with Gasteiger partial charge < -0.3 is 14.5 Å². The number of esters is 1. The lowest BCUT2D eigenvalue weighted by atomic mass is 9.89. The highest BCUT2D eigenvalue weighted by molar-refractivity contribution is 7.18. The number of thiazole rings is 1. The van der Waals surface area contributed by atoms with Crippen LogP contribution in [0.2, 0.25) is 0 Å². The number of aryl methyl sites for hydroxylation is 1. The molecule has 5 rings (SSSR count). The summed E-state index contributed by atoms with van der Waals surface area (Å²) in [4.78, 5) is 22.0. The third-order valence-corrected chi connectivity index (χ3v) is 6.69. The Hall–Kier alpha value is -2.44. The molecule has 0 aliphatic carbocycles. The molecule has 5 nitrogen and oxygen atoms in total. The highest BCUT2D eigenvalue weighted by atomic mass is 32.1. The van der Waals surface area contributed by atoms with Crippen LogP contribution >= 0.6 is 11.3 Å². The highest BCUT2D eigenvalue weighted by Gasteiger charge is 2.30. The second kappa shape index (κ2) is 6.87. The first kappa shape index (κ1) is 17.6. The van der Waals surface area contributed by atoms with Crippen molar-refractivity contribution in [2.75, 3.05) is 38.1 Å². The Balaban J connectivity index is 1.41. The zero-order chi connectivity index (χ0) is 19.3. The van der Waals surface area contributed by atoms with Crippen LogP contribution in [0.1, 0.15) is 22.1 Å². The molecule has 144 valence electrons. The average molecular weight is 394 g/mol. The molecule has 3 aromatic rings. The van der Waals surface area contributed by atoms with Crippen LogP contribution < -0.4 is 9.64 Å². The maximum absolute atomic E-state index is 12.8. The van der Waals surface area contributed by atoms with E-state index in [0.717, 1.165) is 58.2 Å². The maximum Gasteiger partial charge on any atom is 0.319 e. The van der Waals surface area contributed by atoms with E-state index in [2.05, 4.69) is 40.0 Å². The standard InChI is InChI=1S/C22H23N3O2S/c1-14-23-19-6-4-15(12-21(19)28-14)18-11-16-3-5-17(13-20(16)27-22(18)26)25-9-7-24(2)8-10-25/h3-6,12-13,18H,7-11H2,1-2H3. The van der Waals surface area contributed by atoms with Crippen molar-refractivity contribution in [1.29, 1.82) is 0 Å². The number of hydrogen-bond acceptors (Lipinski definition) is 6. The van der Waals surface area contributed by atoms with Gasteiger partial charge in [0.05, 0.1) is 21.1 Å². The quantitative estimate of drug-likeness (QED) is 0.492. The van der Waals surface area contributed by atoms with Crippen LogP contribution in [0.25, 0.3) is 10.2 Å². The molecule has 0 bridgehead atoms. The molecular weight excluding hydrogens is 370 g/mol. The van der Waals surface area contributed by atoms with Gasteiger partial charge in [0.2, 0.25) is 0 Å². The average Bonchev–Trinajstić information content (AvgIpc) is 3.07. The number of piperazine rings is 1. The fraction of sp³-hybridized carbons (Fsp3) is 0.364. The van der Waals surface area contributed by atoms with Gasteiger partial charge in [0.1, 0.15) is 5.75 Å². The van der Waals surface area contributed by atoms with Gasteiger partial charge in [-0.15, -0.1) is 11.3 Å². The van der Waals surface area contributed by atoms with Crippen molar-refractivity contribution in [2.24, 2.45) is 0 Å². The third kappa shape index (κ3) is 3.16. The Bertz CT molecular complexity index is 1050. The molecule has 0 N–H and O–H groups in total. The largest absolute Gasteiger partial charge is 0.426 e. The van der Waals surface area contributed by atoms with Crippen LogP contribution in [0.5, 0.6) is 5.75 Å². The van der Waals surface area contributed by atoms with E-state index in [4.69, 9.17) is 4.74 Å². The molecule has 1 saturated heterocycles. The normalized spacial score (nSPS) is 20.3. The van der Waals surface area contributed by atoms with E-state index in [1.165, 1.54) is 0 Å². The van der Waals surface area contributed by atoms with E-state index in [0.29, 0.717) is 12.2 Å². The van der Waals surface area contributed by atoms with Gasteiger partial charge in [-0.25, -0.2) is 4.98 Å². The fourth-order valence-corrected chi connectivity index (χ4v) is 4.95. The second-order valence-corrected chi connectivity index (χ2v) is 8.95. The summed E-state index contributed by atoms with van der Waals surface area (Å²) in [5, 5.41) is 1.04. The van der Waals surface area contributed by atoms with E-state index in [1.807, 2.05) is 25.1 Å². The summed E-state index contributed by atoms with van der Waals surface area (Å²) < 4.78 is 6.90. The lowest BCUT2D eigenvalue weighted by Crippen LogP contribution is -2.44. The SMILES string of the molecule is Cc1nc2ccc(C3Cc4ccc(N5CCN(C)CC5)cc4OC3=O)cc2s1. The van der Waals surface area contributed by atoms with Crippen molar-refractivity contribution in [2.45, 2.75) is 19.3 Å². The molecule has 6 heteroatoms. The number of fused-ring (bicyclic) bond motifs is 2. The summed E-state index contributed by atoms with van der Waals surface area (Å²) in [5.41, 5.74) is 4.24. The third-order valence-electron chi connectivity index (χ3n) is 5.76. The van der Waals surface area contributed by atoms with Gasteiger partial charge in [-0.05, 0) is 49.7 Å². The van der Waals surface area contributed by atoms with Gasteiger partial charge in [-0.2, -0.15) is 0 Å². The molecule has 28 heavy (non-hydrogen) atoms. The predicted octanol–water partition coefficient (Wildman–Crippen LogP) is 3.60. The Kier molecular flexibility index (Phi) is 4.33. The first-order chi connectivity index (χ1) is 13.6. The Morgan fingerprint density at radius 1 is 1.11 bits per heavy atom. The van der Waals surface area contributed by atoms with Gasteiger partial charge in [-0.1, -0.05) is 12.1 Å². The lowest BCUT2D eigenvalue weighted by molar-refractivity contribution is -0.137. The molecule has 1 atom stereocenters. The minimum absolute atomic E-state index is 0.163. The van der Waals surface area contributed by atoms with E-state index in [9.17, 15) is 4.79 Å². The van der Waals surface area contributed by atoms with E-state index >= 15 is 0 Å². The summed E-state index contributed by atoms with van der Waals surface area (Å²) in [6, 6.07) is 12.4. The Morgan fingerprint density at radius 3 is 2.75 bits per heavy atom. The van der Waals surface area contributed by atoms with Gasteiger partial charge in [0.15, 0.2) is 0 Å². The van der Waals surface area contributed by atoms with Gasteiger partial charge in [0, 0.05) is 37.9 Å². The summed E-state index contributed by atoms with van der Waals surface area (Å²) in [6.45, 7) is 6.12. The zero-order valence-electron chi connectivity index (χ0n) is 16.1. The number of likely N-dealkylation sites (N-methyl/N-ethyl adjacent to an activating group) is 1. The smallest absolute Gasteiger partial charge is 0.319 e. The molecule has 3 heterocycles. The number of benzene rings is 2. The van der Waals surface area contributed by atoms with Crippen molar-refractivity contribution >= 4 is 33.2 Å². The van der Waals surface area contributed by atoms with Gasteiger partial charge in [-0.3, -0.25) is 4.79 Å². The van der Waals surface area contributed by atoms with Crippen molar-refractivity contribution < 1.29 is 9.53 Å². The van der Waals surface area contributed by atoms with Crippen LogP contribution in [0.3, 0.4) is 0 Å². The minimum Gasteiger partial charge on any atom is -0.426 e.